The second-order valence-corrected chi connectivity index (χ2v) is 5.88. The van der Waals surface area contributed by atoms with E-state index in [0.29, 0.717) is 12.2 Å². The maximum atomic E-state index is 3.47. The summed E-state index contributed by atoms with van der Waals surface area (Å²) in [7, 11) is 0. The van der Waals surface area contributed by atoms with Crippen molar-refractivity contribution in [2.24, 2.45) is 0 Å². The second kappa shape index (κ2) is 8.86. The Hall–Kier alpha value is -0.160. The molecule has 0 amide bonds. The lowest BCUT2D eigenvalue weighted by atomic mass is 10.1. The molecule has 0 radical (unpaired) electrons. The molecule has 0 heterocycles. The molecule has 4 nitrogen and oxygen atoms in total. The van der Waals surface area contributed by atoms with Crippen LogP contribution in [0.4, 0.5) is 0 Å². The van der Waals surface area contributed by atoms with Crippen molar-refractivity contribution < 1.29 is 0 Å². The van der Waals surface area contributed by atoms with Crippen LogP contribution >= 0.6 is 0 Å². The molecule has 0 aromatic rings. The lowest BCUT2D eigenvalue weighted by molar-refractivity contribution is 0.332. The zero-order valence-corrected chi connectivity index (χ0v) is 12.5. The molecule has 0 saturated carbocycles. The van der Waals surface area contributed by atoms with E-state index < -0.39 is 0 Å². The van der Waals surface area contributed by atoms with Crippen LogP contribution in [0.25, 0.3) is 0 Å². The highest BCUT2D eigenvalue weighted by molar-refractivity contribution is 4.70. The molecule has 0 fully saturated rings. The first-order chi connectivity index (χ1) is 7.85. The van der Waals surface area contributed by atoms with E-state index in [0.717, 1.165) is 25.9 Å². The molecule has 0 aliphatic carbocycles. The fourth-order valence-electron chi connectivity index (χ4n) is 1.50. The minimum atomic E-state index is 0.221. The molecule has 4 N–H and O–H groups in total. The van der Waals surface area contributed by atoms with E-state index >= 15 is 0 Å². The van der Waals surface area contributed by atoms with Crippen molar-refractivity contribution in [2.75, 3.05) is 13.1 Å². The first kappa shape index (κ1) is 16.8. The summed E-state index contributed by atoms with van der Waals surface area (Å²) < 4.78 is 0. The van der Waals surface area contributed by atoms with E-state index in [1.807, 2.05) is 0 Å². The van der Waals surface area contributed by atoms with Crippen molar-refractivity contribution >= 4 is 0 Å². The molecule has 0 bridgehead atoms. The lowest BCUT2D eigenvalue weighted by Crippen LogP contribution is -2.51. The largest absolute Gasteiger partial charge is 0.312 e. The Morgan fingerprint density at radius 3 is 2.18 bits per heavy atom. The maximum Gasteiger partial charge on any atom is 0.0703 e. The van der Waals surface area contributed by atoms with Crippen LogP contribution in [0.15, 0.2) is 0 Å². The monoisotopic (exact) mass is 244 g/mol. The Kier molecular flexibility index (Phi) is 8.78. The fraction of sp³-hybridized carbons (Fsp3) is 1.00. The first-order valence-corrected chi connectivity index (χ1v) is 6.84. The smallest absolute Gasteiger partial charge is 0.0703 e. The summed E-state index contributed by atoms with van der Waals surface area (Å²) in [6, 6.07) is 0.511. The summed E-state index contributed by atoms with van der Waals surface area (Å²) in [6.07, 6.45) is 2.55. The number of hydrogen-bond acceptors (Lipinski definition) is 4. The molecular weight excluding hydrogens is 212 g/mol. The van der Waals surface area contributed by atoms with Gasteiger partial charge in [0.05, 0.1) is 6.17 Å². The molecule has 0 aromatic carbocycles. The van der Waals surface area contributed by atoms with Crippen molar-refractivity contribution in [1.82, 2.24) is 21.5 Å². The molecule has 0 rings (SSSR count). The molecule has 0 aliphatic rings. The molecule has 0 saturated heterocycles. The van der Waals surface area contributed by atoms with Crippen molar-refractivity contribution in [2.45, 2.75) is 72.1 Å². The summed E-state index contributed by atoms with van der Waals surface area (Å²) in [4.78, 5) is 0. The standard InChI is InChI=1S/C13H32N4/c1-7-12(16-11(2)3)17-15-10-8-9-14-13(4,5)6/h11-12,14-17H,7-10H2,1-6H3. The van der Waals surface area contributed by atoms with Gasteiger partial charge in [0.1, 0.15) is 0 Å². The molecule has 104 valence electrons. The third-order valence-corrected chi connectivity index (χ3v) is 2.35. The third kappa shape index (κ3) is 12.1. The zero-order chi connectivity index (χ0) is 13.3. The van der Waals surface area contributed by atoms with Crippen molar-refractivity contribution in [3.8, 4) is 0 Å². The Morgan fingerprint density at radius 1 is 1.06 bits per heavy atom. The van der Waals surface area contributed by atoms with E-state index in [-0.39, 0.29) is 5.54 Å². The van der Waals surface area contributed by atoms with Crippen molar-refractivity contribution in [3.05, 3.63) is 0 Å². The van der Waals surface area contributed by atoms with Gasteiger partial charge in [-0.15, -0.1) is 0 Å². The Morgan fingerprint density at radius 2 is 1.71 bits per heavy atom. The quantitative estimate of drug-likeness (QED) is 0.283. The topological polar surface area (TPSA) is 48.1 Å². The van der Waals surface area contributed by atoms with Crippen LogP contribution < -0.4 is 21.5 Å². The van der Waals surface area contributed by atoms with Gasteiger partial charge in [-0.25, -0.2) is 5.43 Å². The molecule has 0 aromatic heterocycles. The van der Waals surface area contributed by atoms with E-state index in [9.17, 15) is 0 Å². The zero-order valence-electron chi connectivity index (χ0n) is 12.5. The molecule has 0 spiro atoms. The van der Waals surface area contributed by atoms with Crippen molar-refractivity contribution in [1.29, 1.82) is 0 Å². The third-order valence-electron chi connectivity index (χ3n) is 2.35. The normalized spacial score (nSPS) is 14.3. The second-order valence-electron chi connectivity index (χ2n) is 5.88. The van der Waals surface area contributed by atoms with Crippen LogP contribution in [0.5, 0.6) is 0 Å². The van der Waals surface area contributed by atoms with Gasteiger partial charge in [0.25, 0.3) is 0 Å². The number of rotatable bonds is 9. The van der Waals surface area contributed by atoms with Crippen LogP contribution in [0.2, 0.25) is 0 Å². The van der Waals surface area contributed by atoms with Gasteiger partial charge in [0.2, 0.25) is 0 Å². The highest BCUT2D eigenvalue weighted by atomic mass is 15.4. The minimum absolute atomic E-state index is 0.221. The molecular formula is C13H32N4. The highest BCUT2D eigenvalue weighted by Gasteiger charge is 2.07. The van der Waals surface area contributed by atoms with Crippen LogP contribution in [0.3, 0.4) is 0 Å². The molecule has 1 unspecified atom stereocenters. The molecule has 0 aliphatic heterocycles. The summed E-state index contributed by atoms with van der Waals surface area (Å²) in [5.41, 5.74) is 6.81. The summed E-state index contributed by atoms with van der Waals surface area (Å²) in [5, 5.41) is 6.93. The summed E-state index contributed by atoms with van der Waals surface area (Å²) in [5.74, 6) is 0. The SMILES string of the molecule is CCC(NNCCCNC(C)(C)C)NC(C)C. The first-order valence-electron chi connectivity index (χ1n) is 6.84. The maximum absolute atomic E-state index is 3.47. The van der Waals surface area contributed by atoms with Gasteiger partial charge in [-0.2, -0.15) is 0 Å². The van der Waals surface area contributed by atoms with E-state index in [1.54, 1.807) is 0 Å². The fourth-order valence-corrected chi connectivity index (χ4v) is 1.50. The Labute approximate surface area is 107 Å². The molecule has 17 heavy (non-hydrogen) atoms. The Bertz CT molecular complexity index is 175. The number of hydrogen-bond donors (Lipinski definition) is 4. The lowest BCUT2D eigenvalue weighted by Gasteiger charge is -2.23. The Balaban J connectivity index is 3.43. The van der Waals surface area contributed by atoms with Crippen LogP contribution in [0, 0.1) is 0 Å². The van der Waals surface area contributed by atoms with Gasteiger partial charge in [-0.3, -0.25) is 10.7 Å². The summed E-state index contributed by atoms with van der Waals surface area (Å²) >= 11 is 0. The van der Waals surface area contributed by atoms with Gasteiger partial charge in [-0.05, 0) is 54.0 Å². The van der Waals surface area contributed by atoms with Crippen LogP contribution in [0.1, 0.15) is 54.4 Å². The summed E-state index contributed by atoms with van der Waals surface area (Å²) in [6.45, 7) is 15.1. The van der Waals surface area contributed by atoms with E-state index in [4.69, 9.17) is 0 Å². The van der Waals surface area contributed by atoms with Gasteiger partial charge < -0.3 is 5.32 Å². The van der Waals surface area contributed by atoms with Gasteiger partial charge >= 0.3 is 0 Å². The van der Waals surface area contributed by atoms with E-state index in [1.165, 1.54) is 0 Å². The van der Waals surface area contributed by atoms with Gasteiger partial charge in [-0.1, -0.05) is 6.92 Å². The highest BCUT2D eigenvalue weighted by Crippen LogP contribution is 1.97. The number of hydrazine groups is 1. The predicted octanol–water partition coefficient (Wildman–Crippen LogP) is 1.59. The molecule has 1 atom stereocenters. The molecule has 4 heteroatoms. The van der Waals surface area contributed by atoms with Crippen LogP contribution in [-0.4, -0.2) is 30.8 Å². The van der Waals surface area contributed by atoms with Gasteiger partial charge in [0.15, 0.2) is 0 Å². The average Bonchev–Trinajstić information content (AvgIpc) is 2.19. The van der Waals surface area contributed by atoms with Gasteiger partial charge in [0, 0.05) is 18.1 Å². The van der Waals surface area contributed by atoms with Crippen molar-refractivity contribution in [3.63, 3.8) is 0 Å². The minimum Gasteiger partial charge on any atom is -0.312 e. The predicted molar refractivity (Wildman–Crippen MR) is 75.9 cm³/mol. The van der Waals surface area contributed by atoms with Crippen LogP contribution in [-0.2, 0) is 0 Å². The average molecular weight is 244 g/mol. The number of nitrogens with one attached hydrogen (secondary N) is 4. The van der Waals surface area contributed by atoms with E-state index in [2.05, 4.69) is 63.0 Å².